The molecule has 2 rings (SSSR count). The minimum atomic E-state index is -0.433. The summed E-state index contributed by atoms with van der Waals surface area (Å²) in [5, 5.41) is 3.28. The van der Waals surface area contributed by atoms with E-state index in [1.807, 2.05) is 4.90 Å². The molecule has 0 radical (unpaired) electrons. The number of nitrogens with zero attached hydrogens (tertiary/aromatic N) is 1. The molecule has 4 nitrogen and oxygen atoms in total. The van der Waals surface area contributed by atoms with Crippen molar-refractivity contribution in [1.82, 2.24) is 10.2 Å². The molecular formula is C14H18ClFN2O2. The quantitative estimate of drug-likeness (QED) is 0.861. The van der Waals surface area contributed by atoms with Crippen LogP contribution in [-0.2, 0) is 16.1 Å². The van der Waals surface area contributed by atoms with Crippen LogP contribution in [0, 0.1) is 5.82 Å². The molecule has 0 aromatic heterocycles. The molecule has 0 aliphatic carbocycles. The summed E-state index contributed by atoms with van der Waals surface area (Å²) in [6, 6.07) is 4.32. The van der Waals surface area contributed by atoms with Gasteiger partial charge in [0.15, 0.2) is 0 Å². The maximum atomic E-state index is 13.2. The van der Waals surface area contributed by atoms with E-state index in [9.17, 15) is 9.18 Å². The molecule has 1 aliphatic heterocycles. The van der Waals surface area contributed by atoms with Crippen molar-refractivity contribution in [1.29, 1.82) is 0 Å². The highest BCUT2D eigenvalue weighted by molar-refractivity contribution is 6.30. The van der Waals surface area contributed by atoms with E-state index in [2.05, 4.69) is 5.32 Å². The van der Waals surface area contributed by atoms with E-state index in [4.69, 9.17) is 16.3 Å². The first-order valence-corrected chi connectivity index (χ1v) is 7.05. The van der Waals surface area contributed by atoms with E-state index in [0.717, 1.165) is 18.7 Å². The number of halogens is 2. The topological polar surface area (TPSA) is 41.6 Å². The van der Waals surface area contributed by atoms with Crippen LogP contribution < -0.4 is 5.32 Å². The first-order valence-electron chi connectivity index (χ1n) is 6.67. The molecule has 1 aromatic rings. The molecule has 1 atom stereocenters. The lowest BCUT2D eigenvalue weighted by atomic mass is 10.1. The first-order chi connectivity index (χ1) is 9.61. The van der Waals surface area contributed by atoms with Gasteiger partial charge in [-0.25, -0.2) is 4.39 Å². The molecule has 0 bridgehead atoms. The van der Waals surface area contributed by atoms with E-state index in [1.54, 1.807) is 19.1 Å². The first kappa shape index (κ1) is 15.2. The largest absolute Gasteiger partial charge is 0.465 e. The molecule has 1 saturated heterocycles. The van der Waals surface area contributed by atoms with Gasteiger partial charge in [-0.3, -0.25) is 9.69 Å². The Balaban J connectivity index is 2.08. The van der Waals surface area contributed by atoms with Crippen LogP contribution >= 0.6 is 11.6 Å². The number of carbonyl (C=O) groups excluding carboxylic acids is 1. The Labute approximate surface area is 122 Å². The monoisotopic (exact) mass is 300 g/mol. The number of nitrogens with one attached hydrogen (secondary N) is 1. The molecule has 110 valence electrons. The van der Waals surface area contributed by atoms with Gasteiger partial charge < -0.3 is 10.1 Å². The number of rotatable bonds is 4. The Kier molecular flexibility index (Phi) is 5.34. The minimum absolute atomic E-state index is 0.102. The summed E-state index contributed by atoms with van der Waals surface area (Å²) in [5.74, 6) is -0.662. The van der Waals surface area contributed by atoms with Gasteiger partial charge in [-0.2, -0.15) is 0 Å². The van der Waals surface area contributed by atoms with E-state index in [0.29, 0.717) is 19.7 Å². The third kappa shape index (κ3) is 3.69. The molecular weight excluding hydrogens is 283 g/mol. The molecule has 0 spiro atoms. The fraction of sp³-hybridized carbons (Fsp3) is 0.500. The highest BCUT2D eigenvalue weighted by Crippen LogP contribution is 2.18. The van der Waals surface area contributed by atoms with Crippen LogP contribution in [0.5, 0.6) is 0 Å². The number of hydrogen-bond acceptors (Lipinski definition) is 4. The molecule has 0 saturated carbocycles. The maximum absolute atomic E-state index is 13.2. The van der Waals surface area contributed by atoms with Crippen LogP contribution in [0.4, 0.5) is 4.39 Å². The lowest BCUT2D eigenvalue weighted by molar-refractivity contribution is -0.150. The van der Waals surface area contributed by atoms with Crippen LogP contribution in [0.3, 0.4) is 0 Å². The molecule has 1 fully saturated rings. The summed E-state index contributed by atoms with van der Waals surface area (Å²) < 4.78 is 18.2. The highest BCUT2D eigenvalue weighted by atomic mass is 35.5. The molecule has 0 amide bonds. The van der Waals surface area contributed by atoms with E-state index < -0.39 is 5.82 Å². The van der Waals surface area contributed by atoms with Crippen molar-refractivity contribution in [3.63, 3.8) is 0 Å². The van der Waals surface area contributed by atoms with Crippen molar-refractivity contribution in [2.45, 2.75) is 19.5 Å². The number of piperazine rings is 1. The van der Waals surface area contributed by atoms with Gasteiger partial charge in [-0.15, -0.1) is 0 Å². The summed E-state index contributed by atoms with van der Waals surface area (Å²) >= 11 is 5.78. The zero-order valence-electron chi connectivity index (χ0n) is 11.4. The van der Waals surface area contributed by atoms with Crippen molar-refractivity contribution < 1.29 is 13.9 Å². The van der Waals surface area contributed by atoms with Crippen molar-refractivity contribution in [3.8, 4) is 0 Å². The number of benzene rings is 1. The van der Waals surface area contributed by atoms with Gasteiger partial charge in [-0.1, -0.05) is 17.7 Å². The number of esters is 1. The fourth-order valence-corrected chi connectivity index (χ4v) is 2.48. The molecule has 6 heteroatoms. The van der Waals surface area contributed by atoms with Crippen LogP contribution in [-0.4, -0.2) is 43.2 Å². The van der Waals surface area contributed by atoms with Crippen molar-refractivity contribution in [3.05, 3.63) is 34.6 Å². The Morgan fingerprint density at radius 2 is 2.40 bits per heavy atom. The maximum Gasteiger partial charge on any atom is 0.324 e. The Morgan fingerprint density at radius 3 is 3.10 bits per heavy atom. The SMILES string of the molecule is CCOC(=O)C1CNCCN1Cc1ccc(F)c(Cl)c1. The highest BCUT2D eigenvalue weighted by Gasteiger charge is 2.29. The number of carbonyl (C=O) groups is 1. The Hall–Kier alpha value is -1.17. The number of ether oxygens (including phenoxy) is 1. The van der Waals surface area contributed by atoms with Gasteiger partial charge in [0, 0.05) is 26.2 Å². The van der Waals surface area contributed by atoms with Crippen LogP contribution in [0.25, 0.3) is 0 Å². The normalized spacial score (nSPS) is 19.9. The summed E-state index contributed by atoms with van der Waals surface area (Å²) in [6.07, 6.45) is 0. The van der Waals surface area contributed by atoms with Gasteiger partial charge in [0.05, 0.1) is 11.6 Å². The molecule has 1 aromatic carbocycles. The second-order valence-corrected chi connectivity index (χ2v) is 5.10. The van der Waals surface area contributed by atoms with Gasteiger partial charge in [0.2, 0.25) is 0 Å². The Morgan fingerprint density at radius 1 is 1.60 bits per heavy atom. The predicted octanol–water partition coefficient (Wildman–Crippen LogP) is 1.82. The predicted molar refractivity (Wildman–Crippen MR) is 75.1 cm³/mol. The van der Waals surface area contributed by atoms with Crippen molar-refractivity contribution in [2.75, 3.05) is 26.2 Å². The molecule has 1 unspecified atom stereocenters. The lowest BCUT2D eigenvalue weighted by Gasteiger charge is -2.34. The van der Waals surface area contributed by atoms with Gasteiger partial charge in [0.1, 0.15) is 11.9 Å². The minimum Gasteiger partial charge on any atom is -0.465 e. The van der Waals surface area contributed by atoms with Crippen LogP contribution in [0.2, 0.25) is 5.02 Å². The fourth-order valence-electron chi connectivity index (χ4n) is 2.28. The Bertz CT molecular complexity index is 484. The summed E-state index contributed by atoms with van der Waals surface area (Å²) in [7, 11) is 0. The van der Waals surface area contributed by atoms with E-state index in [1.165, 1.54) is 6.07 Å². The van der Waals surface area contributed by atoms with Crippen molar-refractivity contribution >= 4 is 17.6 Å². The summed E-state index contributed by atoms with van der Waals surface area (Å²) in [4.78, 5) is 14.0. The number of hydrogen-bond donors (Lipinski definition) is 1. The molecule has 1 heterocycles. The third-order valence-corrected chi connectivity index (χ3v) is 3.57. The van der Waals surface area contributed by atoms with Crippen LogP contribution in [0.15, 0.2) is 18.2 Å². The lowest BCUT2D eigenvalue weighted by Crippen LogP contribution is -2.54. The van der Waals surface area contributed by atoms with E-state index in [-0.39, 0.29) is 17.0 Å². The van der Waals surface area contributed by atoms with Gasteiger partial charge in [0.25, 0.3) is 0 Å². The van der Waals surface area contributed by atoms with E-state index >= 15 is 0 Å². The van der Waals surface area contributed by atoms with Gasteiger partial charge >= 0.3 is 5.97 Å². The summed E-state index contributed by atoms with van der Waals surface area (Å²) in [6.45, 7) is 4.81. The molecule has 1 aliphatic rings. The second-order valence-electron chi connectivity index (χ2n) is 4.69. The average Bonchev–Trinajstić information content (AvgIpc) is 2.44. The second kappa shape index (κ2) is 7.02. The zero-order valence-corrected chi connectivity index (χ0v) is 12.1. The average molecular weight is 301 g/mol. The third-order valence-electron chi connectivity index (χ3n) is 3.28. The zero-order chi connectivity index (χ0) is 14.5. The molecule has 1 N–H and O–H groups in total. The van der Waals surface area contributed by atoms with Gasteiger partial charge in [-0.05, 0) is 24.6 Å². The smallest absolute Gasteiger partial charge is 0.324 e. The van der Waals surface area contributed by atoms with Crippen LogP contribution in [0.1, 0.15) is 12.5 Å². The standard InChI is InChI=1S/C14H18ClFN2O2/c1-2-20-14(19)13-8-17-5-6-18(13)9-10-3-4-12(16)11(15)7-10/h3-4,7,13,17H,2,5-6,8-9H2,1H3. The molecule has 20 heavy (non-hydrogen) atoms. The summed E-state index contributed by atoms with van der Waals surface area (Å²) in [5.41, 5.74) is 0.882. The van der Waals surface area contributed by atoms with Crippen molar-refractivity contribution in [2.24, 2.45) is 0 Å².